The van der Waals surface area contributed by atoms with Crippen LogP contribution in [0.4, 0.5) is 5.69 Å². The van der Waals surface area contributed by atoms with Gasteiger partial charge < -0.3 is 10.6 Å². The standard InChI is InChI=1S/C15H14ClN3O/c16-14-8-18-5-3-13(14)15(20)19-6-4-10-1-2-12(17)7-11(10)9-19/h1-3,5,7-8H,4,6,9,17H2. The van der Waals surface area contributed by atoms with Crippen molar-refractivity contribution in [2.45, 2.75) is 13.0 Å². The third-order valence-electron chi connectivity index (χ3n) is 3.53. The predicted octanol–water partition coefficient (Wildman–Crippen LogP) is 2.52. The number of carbonyl (C=O) groups is 1. The monoisotopic (exact) mass is 287 g/mol. The van der Waals surface area contributed by atoms with Gasteiger partial charge in [0.1, 0.15) is 0 Å². The Kier molecular flexibility index (Phi) is 3.32. The molecule has 2 N–H and O–H groups in total. The number of carbonyl (C=O) groups excluding carboxylic acids is 1. The summed E-state index contributed by atoms with van der Waals surface area (Å²) in [7, 11) is 0. The molecule has 0 radical (unpaired) electrons. The number of halogens is 1. The van der Waals surface area contributed by atoms with Gasteiger partial charge in [0, 0.05) is 31.2 Å². The molecular weight excluding hydrogens is 274 g/mol. The van der Waals surface area contributed by atoms with Crippen LogP contribution in [0.1, 0.15) is 21.5 Å². The van der Waals surface area contributed by atoms with Gasteiger partial charge in [-0.1, -0.05) is 17.7 Å². The minimum atomic E-state index is -0.0644. The van der Waals surface area contributed by atoms with Crippen molar-refractivity contribution >= 4 is 23.2 Å². The fraction of sp³-hybridized carbons (Fsp3) is 0.200. The number of hydrogen-bond donors (Lipinski definition) is 1. The van der Waals surface area contributed by atoms with Gasteiger partial charge in [-0.15, -0.1) is 0 Å². The maximum absolute atomic E-state index is 12.5. The third kappa shape index (κ3) is 2.34. The molecule has 0 bridgehead atoms. The van der Waals surface area contributed by atoms with Crippen LogP contribution in [0.5, 0.6) is 0 Å². The first-order chi connectivity index (χ1) is 9.65. The Hall–Kier alpha value is -2.07. The van der Waals surface area contributed by atoms with Gasteiger partial charge in [0.15, 0.2) is 0 Å². The van der Waals surface area contributed by atoms with E-state index in [1.54, 1.807) is 17.2 Å². The van der Waals surface area contributed by atoms with Crippen LogP contribution >= 0.6 is 11.6 Å². The van der Waals surface area contributed by atoms with Gasteiger partial charge in [0.25, 0.3) is 5.91 Å². The fourth-order valence-electron chi connectivity index (χ4n) is 2.47. The highest BCUT2D eigenvalue weighted by atomic mass is 35.5. The van der Waals surface area contributed by atoms with Crippen LogP contribution in [0, 0.1) is 0 Å². The lowest BCUT2D eigenvalue weighted by atomic mass is 9.98. The maximum Gasteiger partial charge on any atom is 0.255 e. The predicted molar refractivity (Wildman–Crippen MR) is 78.5 cm³/mol. The van der Waals surface area contributed by atoms with E-state index in [9.17, 15) is 4.79 Å². The van der Waals surface area contributed by atoms with E-state index in [4.69, 9.17) is 17.3 Å². The number of anilines is 1. The number of nitrogens with two attached hydrogens (primary N) is 1. The fourth-order valence-corrected chi connectivity index (χ4v) is 2.67. The molecule has 0 unspecified atom stereocenters. The van der Waals surface area contributed by atoms with Crippen LogP contribution in [0.15, 0.2) is 36.7 Å². The van der Waals surface area contributed by atoms with Crippen LogP contribution in [-0.2, 0) is 13.0 Å². The molecule has 102 valence electrons. The Morgan fingerprint density at radius 1 is 1.30 bits per heavy atom. The van der Waals surface area contributed by atoms with Crippen molar-refractivity contribution in [3.8, 4) is 0 Å². The third-order valence-corrected chi connectivity index (χ3v) is 3.83. The number of hydrogen-bond acceptors (Lipinski definition) is 3. The van der Waals surface area contributed by atoms with Crippen LogP contribution in [0.3, 0.4) is 0 Å². The Bertz CT molecular complexity index is 672. The first-order valence-electron chi connectivity index (χ1n) is 6.41. The van der Waals surface area contributed by atoms with Gasteiger partial charge in [0.05, 0.1) is 10.6 Å². The largest absolute Gasteiger partial charge is 0.399 e. The average molecular weight is 288 g/mol. The SMILES string of the molecule is Nc1ccc2c(c1)CN(C(=O)c1ccncc1Cl)CC2. The second-order valence-corrected chi connectivity index (χ2v) is 5.27. The highest BCUT2D eigenvalue weighted by Crippen LogP contribution is 2.24. The van der Waals surface area contributed by atoms with Gasteiger partial charge in [-0.3, -0.25) is 9.78 Å². The second kappa shape index (κ2) is 5.13. The van der Waals surface area contributed by atoms with Crippen molar-refractivity contribution in [2.75, 3.05) is 12.3 Å². The van der Waals surface area contributed by atoms with Crippen molar-refractivity contribution in [3.05, 3.63) is 58.4 Å². The summed E-state index contributed by atoms with van der Waals surface area (Å²) in [5.41, 5.74) is 9.38. The molecule has 20 heavy (non-hydrogen) atoms. The molecule has 1 aromatic heterocycles. The van der Waals surface area contributed by atoms with Crippen molar-refractivity contribution in [1.29, 1.82) is 0 Å². The molecule has 0 fully saturated rings. The Morgan fingerprint density at radius 3 is 2.95 bits per heavy atom. The number of nitrogen functional groups attached to an aromatic ring is 1. The number of amides is 1. The summed E-state index contributed by atoms with van der Waals surface area (Å²) >= 11 is 6.03. The van der Waals surface area contributed by atoms with Gasteiger partial charge in [-0.05, 0) is 35.7 Å². The van der Waals surface area contributed by atoms with E-state index in [0.29, 0.717) is 23.7 Å². The summed E-state index contributed by atoms with van der Waals surface area (Å²) in [4.78, 5) is 18.2. The van der Waals surface area contributed by atoms with E-state index in [1.807, 2.05) is 18.2 Å². The zero-order chi connectivity index (χ0) is 14.1. The van der Waals surface area contributed by atoms with Crippen molar-refractivity contribution in [1.82, 2.24) is 9.88 Å². The van der Waals surface area contributed by atoms with E-state index in [1.165, 1.54) is 11.8 Å². The molecule has 2 heterocycles. The van der Waals surface area contributed by atoms with Gasteiger partial charge in [-0.25, -0.2) is 0 Å². The number of nitrogens with zero attached hydrogens (tertiary/aromatic N) is 2. The zero-order valence-electron chi connectivity index (χ0n) is 10.8. The minimum absolute atomic E-state index is 0.0644. The van der Waals surface area contributed by atoms with Crippen LogP contribution in [0.25, 0.3) is 0 Å². The van der Waals surface area contributed by atoms with Crippen molar-refractivity contribution in [3.63, 3.8) is 0 Å². The average Bonchev–Trinajstić information content (AvgIpc) is 2.46. The molecular formula is C15H14ClN3O. The van der Waals surface area contributed by atoms with E-state index in [-0.39, 0.29) is 5.91 Å². The minimum Gasteiger partial charge on any atom is -0.399 e. The lowest BCUT2D eigenvalue weighted by Gasteiger charge is -2.29. The molecule has 0 spiro atoms. The zero-order valence-corrected chi connectivity index (χ0v) is 11.6. The summed E-state index contributed by atoms with van der Waals surface area (Å²) in [6.45, 7) is 1.26. The normalized spacial score (nSPS) is 13.9. The molecule has 0 saturated heterocycles. The van der Waals surface area contributed by atoms with Gasteiger partial charge >= 0.3 is 0 Å². The molecule has 1 aliphatic heterocycles. The van der Waals surface area contributed by atoms with Gasteiger partial charge in [-0.2, -0.15) is 0 Å². The molecule has 1 aliphatic rings. The molecule has 1 amide bonds. The van der Waals surface area contributed by atoms with E-state index in [0.717, 1.165) is 17.7 Å². The lowest BCUT2D eigenvalue weighted by molar-refractivity contribution is 0.0735. The van der Waals surface area contributed by atoms with E-state index >= 15 is 0 Å². The second-order valence-electron chi connectivity index (χ2n) is 4.86. The maximum atomic E-state index is 12.5. The highest BCUT2D eigenvalue weighted by Gasteiger charge is 2.23. The van der Waals surface area contributed by atoms with Crippen LogP contribution < -0.4 is 5.73 Å². The Morgan fingerprint density at radius 2 is 2.15 bits per heavy atom. The summed E-state index contributed by atoms with van der Waals surface area (Å²) < 4.78 is 0. The van der Waals surface area contributed by atoms with E-state index < -0.39 is 0 Å². The molecule has 1 aromatic carbocycles. The van der Waals surface area contributed by atoms with Crippen LogP contribution in [0.2, 0.25) is 5.02 Å². The highest BCUT2D eigenvalue weighted by molar-refractivity contribution is 6.33. The number of aromatic nitrogens is 1. The van der Waals surface area contributed by atoms with Crippen LogP contribution in [-0.4, -0.2) is 22.3 Å². The quantitative estimate of drug-likeness (QED) is 0.820. The number of fused-ring (bicyclic) bond motifs is 1. The first-order valence-corrected chi connectivity index (χ1v) is 6.79. The summed E-state index contributed by atoms with van der Waals surface area (Å²) in [5.74, 6) is -0.0644. The lowest BCUT2D eigenvalue weighted by Crippen LogP contribution is -2.36. The van der Waals surface area contributed by atoms with Crippen molar-refractivity contribution < 1.29 is 4.79 Å². The Balaban J connectivity index is 1.87. The molecule has 3 rings (SSSR count). The smallest absolute Gasteiger partial charge is 0.255 e. The summed E-state index contributed by atoms with van der Waals surface area (Å²) in [6, 6.07) is 7.52. The first kappa shape index (κ1) is 12.9. The molecule has 5 heteroatoms. The van der Waals surface area contributed by atoms with E-state index in [2.05, 4.69) is 4.98 Å². The molecule has 0 aliphatic carbocycles. The number of rotatable bonds is 1. The topological polar surface area (TPSA) is 59.2 Å². The number of benzene rings is 1. The molecule has 0 saturated carbocycles. The summed E-state index contributed by atoms with van der Waals surface area (Å²) in [6.07, 6.45) is 3.91. The number of pyridine rings is 1. The Labute approximate surface area is 122 Å². The van der Waals surface area contributed by atoms with Crippen molar-refractivity contribution in [2.24, 2.45) is 0 Å². The molecule has 0 atom stereocenters. The molecule has 4 nitrogen and oxygen atoms in total. The van der Waals surface area contributed by atoms with Gasteiger partial charge in [0.2, 0.25) is 0 Å². The summed E-state index contributed by atoms with van der Waals surface area (Å²) in [5, 5.41) is 0.385. The molecule has 2 aromatic rings.